The molecule has 1 spiro atoms. The Morgan fingerprint density at radius 3 is 2.38 bits per heavy atom. The van der Waals surface area contributed by atoms with Gasteiger partial charge in [0.05, 0.1) is 6.04 Å². The van der Waals surface area contributed by atoms with Crippen molar-refractivity contribution in [3.05, 3.63) is 54.6 Å². The predicted octanol–water partition coefficient (Wildman–Crippen LogP) is 6.30. The smallest absolute Gasteiger partial charge is 0.237 e. The van der Waals surface area contributed by atoms with Crippen LogP contribution in [0, 0.1) is 11.5 Å². The molecule has 2 heterocycles. The molecule has 2 aliphatic rings. The number of para-hydroxylation sites is 1. The molecule has 3 rings (SSSR count). The van der Waals surface area contributed by atoms with Crippen molar-refractivity contribution < 1.29 is 4.79 Å². The van der Waals surface area contributed by atoms with Crippen molar-refractivity contribution in [1.29, 1.82) is 0 Å². The lowest BCUT2D eigenvalue weighted by atomic mass is 9.74. The Morgan fingerprint density at radius 2 is 1.81 bits per heavy atom. The summed E-state index contributed by atoms with van der Waals surface area (Å²) in [6.45, 7) is 20.8. The van der Waals surface area contributed by atoms with Crippen LogP contribution in [0.5, 0.6) is 0 Å². The monoisotopic (exact) mass is 448 g/mol. The SMILES string of the molecule is C=CCN1C(/C=C/C)CC2(C(=O)Nc3ccccc32)C1C#C[Si](C(C)C)(C(C)C)C(C)C. The fraction of sp³-hybridized carbons (Fsp3) is 0.536. The average Bonchev–Trinajstić information content (AvgIpc) is 3.18. The van der Waals surface area contributed by atoms with Gasteiger partial charge in [-0.2, -0.15) is 0 Å². The number of nitrogens with one attached hydrogen (secondary N) is 1. The van der Waals surface area contributed by atoms with Gasteiger partial charge in [-0.25, -0.2) is 0 Å². The molecule has 2 aliphatic heterocycles. The number of hydrogen-bond donors (Lipinski definition) is 1. The molecule has 0 saturated carbocycles. The summed E-state index contributed by atoms with van der Waals surface area (Å²) >= 11 is 0. The molecule has 0 bridgehead atoms. The molecule has 1 aromatic rings. The van der Waals surface area contributed by atoms with E-state index in [9.17, 15) is 4.79 Å². The third-order valence-corrected chi connectivity index (χ3v) is 14.2. The van der Waals surface area contributed by atoms with Crippen LogP contribution in [0.25, 0.3) is 0 Å². The highest BCUT2D eigenvalue weighted by atomic mass is 28.3. The molecule has 1 aromatic carbocycles. The number of hydrogen-bond acceptors (Lipinski definition) is 2. The fourth-order valence-corrected chi connectivity index (χ4v) is 11.7. The van der Waals surface area contributed by atoms with Crippen LogP contribution in [-0.4, -0.2) is 37.5 Å². The second-order valence-corrected chi connectivity index (χ2v) is 15.9. The lowest BCUT2D eigenvalue weighted by molar-refractivity contribution is -0.121. The number of rotatable bonds is 6. The number of carbonyl (C=O) groups is 1. The molecule has 1 amide bonds. The van der Waals surface area contributed by atoms with E-state index in [4.69, 9.17) is 0 Å². The molecule has 0 aromatic heterocycles. The van der Waals surface area contributed by atoms with Crippen LogP contribution < -0.4 is 5.32 Å². The first-order chi connectivity index (χ1) is 15.2. The number of allylic oxidation sites excluding steroid dienone is 1. The topological polar surface area (TPSA) is 32.3 Å². The van der Waals surface area contributed by atoms with Crippen molar-refractivity contribution >= 4 is 19.7 Å². The van der Waals surface area contributed by atoms with E-state index in [1.165, 1.54) is 0 Å². The van der Waals surface area contributed by atoms with Gasteiger partial charge in [-0.05, 0) is 41.6 Å². The van der Waals surface area contributed by atoms with E-state index in [2.05, 4.69) is 94.9 Å². The zero-order chi connectivity index (χ0) is 23.7. The molecule has 1 saturated heterocycles. The fourth-order valence-electron chi connectivity index (χ4n) is 6.47. The van der Waals surface area contributed by atoms with Gasteiger partial charge < -0.3 is 5.32 Å². The lowest BCUT2D eigenvalue weighted by Gasteiger charge is -2.39. The van der Waals surface area contributed by atoms with Gasteiger partial charge in [0.15, 0.2) is 0 Å². The molecular formula is C28H40N2OSi. The summed E-state index contributed by atoms with van der Waals surface area (Å²) < 4.78 is 0. The van der Waals surface area contributed by atoms with Crippen molar-refractivity contribution in [3.63, 3.8) is 0 Å². The van der Waals surface area contributed by atoms with E-state index in [1.807, 2.05) is 24.3 Å². The highest BCUT2D eigenvalue weighted by Gasteiger charge is 2.60. The molecule has 172 valence electrons. The maximum Gasteiger partial charge on any atom is 0.237 e. The second kappa shape index (κ2) is 9.41. The molecule has 1 fully saturated rings. The van der Waals surface area contributed by atoms with E-state index in [-0.39, 0.29) is 18.0 Å². The summed E-state index contributed by atoms with van der Waals surface area (Å²) in [5.41, 5.74) is 6.97. The Balaban J connectivity index is 2.25. The minimum atomic E-state index is -1.93. The van der Waals surface area contributed by atoms with Gasteiger partial charge in [0.25, 0.3) is 0 Å². The number of likely N-dealkylation sites (tertiary alicyclic amines) is 1. The van der Waals surface area contributed by atoms with Crippen LogP contribution in [0.15, 0.2) is 49.1 Å². The van der Waals surface area contributed by atoms with E-state index in [0.29, 0.717) is 23.2 Å². The van der Waals surface area contributed by atoms with E-state index in [0.717, 1.165) is 17.7 Å². The maximum atomic E-state index is 13.6. The van der Waals surface area contributed by atoms with Crippen LogP contribution >= 0.6 is 0 Å². The summed E-state index contributed by atoms with van der Waals surface area (Å²) in [7, 11) is -1.93. The largest absolute Gasteiger partial charge is 0.325 e. The maximum absolute atomic E-state index is 13.6. The molecule has 3 nitrogen and oxygen atoms in total. The van der Waals surface area contributed by atoms with Crippen LogP contribution in [0.2, 0.25) is 16.6 Å². The standard InChI is InChI=1S/C28H40N2OSi/c1-9-13-23-19-28(24-14-11-12-15-25(24)29-27(28)31)26(30(23)17-10-2)16-18-32(20(3)4,21(5)6)22(7)8/h9-15,20-23,26H,2,17,19H2,1,3-8H3,(H,29,31)/b13-9+. The Morgan fingerprint density at radius 1 is 1.19 bits per heavy atom. The molecule has 1 N–H and O–H groups in total. The Labute approximate surface area is 196 Å². The van der Waals surface area contributed by atoms with Gasteiger partial charge in [0.1, 0.15) is 13.5 Å². The van der Waals surface area contributed by atoms with Crippen molar-refractivity contribution in [2.75, 3.05) is 11.9 Å². The van der Waals surface area contributed by atoms with Gasteiger partial charge in [0, 0.05) is 18.3 Å². The summed E-state index contributed by atoms with van der Waals surface area (Å²) in [6, 6.07) is 8.15. The van der Waals surface area contributed by atoms with Crippen LogP contribution in [0.3, 0.4) is 0 Å². The van der Waals surface area contributed by atoms with Gasteiger partial charge >= 0.3 is 0 Å². The van der Waals surface area contributed by atoms with E-state index >= 15 is 0 Å². The Kier molecular flexibility index (Phi) is 7.22. The third-order valence-electron chi connectivity index (χ3n) is 7.86. The zero-order valence-electron chi connectivity index (χ0n) is 20.9. The van der Waals surface area contributed by atoms with Crippen LogP contribution in [-0.2, 0) is 10.2 Å². The number of benzene rings is 1. The normalized spacial score (nSPS) is 25.6. The number of anilines is 1. The summed E-state index contributed by atoms with van der Waals surface area (Å²) in [4.78, 5) is 16.0. The average molecular weight is 449 g/mol. The summed E-state index contributed by atoms with van der Waals surface area (Å²) in [6.07, 6.45) is 7.01. The Hall–Kier alpha value is -2.09. The Bertz CT molecular complexity index is 930. The molecule has 0 aliphatic carbocycles. The van der Waals surface area contributed by atoms with Gasteiger partial charge in [-0.3, -0.25) is 9.69 Å². The minimum absolute atomic E-state index is 0.0879. The van der Waals surface area contributed by atoms with Gasteiger partial charge in [0.2, 0.25) is 5.91 Å². The number of nitrogens with zero attached hydrogens (tertiary/aromatic N) is 1. The van der Waals surface area contributed by atoms with E-state index < -0.39 is 13.5 Å². The van der Waals surface area contributed by atoms with Crippen molar-refractivity contribution in [3.8, 4) is 11.5 Å². The number of fused-ring (bicyclic) bond motifs is 2. The van der Waals surface area contributed by atoms with Crippen molar-refractivity contribution in [2.45, 2.75) is 89.0 Å². The first kappa shape index (κ1) is 24.5. The quantitative estimate of drug-likeness (QED) is 0.314. The third kappa shape index (κ3) is 3.70. The van der Waals surface area contributed by atoms with Gasteiger partial charge in [-0.15, -0.1) is 12.1 Å². The highest BCUT2D eigenvalue weighted by Crippen LogP contribution is 2.51. The second-order valence-electron chi connectivity index (χ2n) is 10.3. The molecule has 3 unspecified atom stereocenters. The summed E-state index contributed by atoms with van der Waals surface area (Å²) in [5.74, 6) is 3.88. The number of carbonyl (C=O) groups excluding carboxylic acids is 1. The van der Waals surface area contributed by atoms with Crippen molar-refractivity contribution in [1.82, 2.24) is 4.90 Å². The predicted molar refractivity (Wildman–Crippen MR) is 139 cm³/mol. The minimum Gasteiger partial charge on any atom is -0.325 e. The van der Waals surface area contributed by atoms with Crippen molar-refractivity contribution in [2.24, 2.45) is 0 Å². The lowest BCUT2D eigenvalue weighted by Crippen LogP contribution is -2.48. The van der Waals surface area contributed by atoms with Crippen LogP contribution in [0.1, 0.15) is 60.5 Å². The molecule has 0 radical (unpaired) electrons. The zero-order valence-corrected chi connectivity index (χ0v) is 21.9. The molecule has 4 heteroatoms. The summed E-state index contributed by atoms with van der Waals surface area (Å²) in [5, 5.41) is 3.18. The van der Waals surface area contributed by atoms with E-state index in [1.54, 1.807) is 0 Å². The first-order valence-electron chi connectivity index (χ1n) is 12.1. The van der Waals surface area contributed by atoms with Crippen LogP contribution in [0.4, 0.5) is 5.69 Å². The molecule has 3 atom stereocenters. The number of amides is 1. The molecular weight excluding hydrogens is 408 g/mol. The molecule has 32 heavy (non-hydrogen) atoms. The van der Waals surface area contributed by atoms with Gasteiger partial charge in [-0.1, -0.05) is 83.9 Å². The highest BCUT2D eigenvalue weighted by molar-refractivity contribution is 6.90. The first-order valence-corrected chi connectivity index (χ1v) is 14.3.